The highest BCUT2D eigenvalue weighted by atomic mass is 19.4. The topological polar surface area (TPSA) is 45.2 Å². The quantitative estimate of drug-likeness (QED) is 0.689. The number of aromatic nitrogens is 1. The third kappa shape index (κ3) is 4.63. The zero-order valence-corrected chi connectivity index (χ0v) is 14.1. The zero-order valence-electron chi connectivity index (χ0n) is 14.1. The number of hydrogen-bond donors (Lipinski definition) is 1. The summed E-state index contributed by atoms with van der Waals surface area (Å²) in [5.41, 5.74) is 0.598. The Kier molecular flexibility index (Phi) is 5.40. The lowest BCUT2D eigenvalue weighted by Gasteiger charge is -2.23. The number of pyridine rings is 1. The first kappa shape index (κ1) is 18.4. The number of nitrogens with one attached hydrogen (secondary N) is 1. The van der Waals surface area contributed by atoms with Crippen LogP contribution in [0.2, 0.25) is 0 Å². The van der Waals surface area contributed by atoms with E-state index in [1.54, 1.807) is 48.5 Å². The van der Waals surface area contributed by atoms with E-state index in [1.165, 1.54) is 4.90 Å². The molecule has 3 rings (SSSR count). The van der Waals surface area contributed by atoms with Crippen LogP contribution in [-0.2, 0) is 12.7 Å². The molecule has 2 amide bonds. The van der Waals surface area contributed by atoms with Gasteiger partial charge < -0.3 is 5.32 Å². The van der Waals surface area contributed by atoms with Gasteiger partial charge in [-0.1, -0.05) is 36.4 Å². The summed E-state index contributed by atoms with van der Waals surface area (Å²) >= 11 is 0. The first-order valence-corrected chi connectivity index (χ1v) is 8.15. The minimum absolute atomic E-state index is 0.124. The normalized spacial score (nSPS) is 11.1. The number of benzene rings is 2. The molecule has 0 bridgehead atoms. The van der Waals surface area contributed by atoms with Crippen molar-refractivity contribution in [3.63, 3.8) is 0 Å². The molecular formula is C20H16F3N3O. The van der Waals surface area contributed by atoms with Gasteiger partial charge in [-0.15, -0.1) is 0 Å². The molecule has 2 aromatic carbocycles. The van der Waals surface area contributed by atoms with E-state index < -0.39 is 17.8 Å². The van der Waals surface area contributed by atoms with E-state index >= 15 is 0 Å². The van der Waals surface area contributed by atoms with E-state index in [1.807, 2.05) is 12.1 Å². The monoisotopic (exact) mass is 371 g/mol. The number of halogens is 3. The molecule has 0 aliphatic heterocycles. The number of carbonyl (C=O) groups excluding carboxylic acids is 1. The van der Waals surface area contributed by atoms with Crippen LogP contribution < -0.4 is 10.2 Å². The predicted octanol–water partition coefficient (Wildman–Crippen LogP) is 5.15. The Bertz CT molecular complexity index is 860. The minimum Gasteiger partial charge on any atom is -0.332 e. The summed E-state index contributed by atoms with van der Waals surface area (Å²) in [4.78, 5) is 18.1. The van der Waals surface area contributed by atoms with Gasteiger partial charge in [0.15, 0.2) is 0 Å². The maximum atomic E-state index is 12.8. The molecule has 0 aliphatic carbocycles. The van der Waals surface area contributed by atoms with Crippen molar-refractivity contribution < 1.29 is 18.0 Å². The van der Waals surface area contributed by atoms with Gasteiger partial charge in [-0.05, 0) is 36.4 Å². The van der Waals surface area contributed by atoms with E-state index in [-0.39, 0.29) is 12.2 Å². The first-order chi connectivity index (χ1) is 12.9. The molecule has 1 N–H and O–H groups in total. The van der Waals surface area contributed by atoms with Crippen molar-refractivity contribution in [1.82, 2.24) is 10.3 Å². The Morgan fingerprint density at radius 1 is 0.926 bits per heavy atom. The zero-order chi connectivity index (χ0) is 19.3. The van der Waals surface area contributed by atoms with Crippen LogP contribution in [0.3, 0.4) is 0 Å². The first-order valence-electron chi connectivity index (χ1n) is 8.15. The number of alkyl halides is 3. The third-order valence-corrected chi connectivity index (χ3v) is 3.80. The van der Waals surface area contributed by atoms with Gasteiger partial charge in [-0.2, -0.15) is 13.2 Å². The highest BCUT2D eigenvalue weighted by molar-refractivity contribution is 5.99. The van der Waals surface area contributed by atoms with Crippen LogP contribution in [0.4, 0.5) is 29.3 Å². The fraction of sp³-hybridized carbons (Fsp3) is 0.100. The van der Waals surface area contributed by atoms with Crippen molar-refractivity contribution >= 4 is 17.4 Å². The van der Waals surface area contributed by atoms with Gasteiger partial charge in [0.05, 0.1) is 29.2 Å². The Labute approximate surface area is 154 Å². The number of para-hydroxylation sites is 2. The summed E-state index contributed by atoms with van der Waals surface area (Å²) in [5, 5.41) is 2.63. The number of rotatable bonds is 4. The summed E-state index contributed by atoms with van der Waals surface area (Å²) in [6.07, 6.45) is -3.38. The second kappa shape index (κ2) is 7.90. The molecule has 138 valence electrons. The number of urea groups is 1. The molecule has 0 aliphatic rings. The molecule has 0 saturated carbocycles. The van der Waals surface area contributed by atoms with Gasteiger partial charge in [0.2, 0.25) is 0 Å². The summed E-state index contributed by atoms with van der Waals surface area (Å²) in [7, 11) is 0. The maximum Gasteiger partial charge on any atom is 0.416 e. The average Bonchev–Trinajstić information content (AvgIpc) is 2.68. The van der Waals surface area contributed by atoms with Crippen LogP contribution in [0.1, 0.15) is 11.3 Å². The van der Waals surface area contributed by atoms with Gasteiger partial charge in [-0.25, -0.2) is 4.79 Å². The summed E-state index contributed by atoms with van der Waals surface area (Å²) in [6.45, 7) is -0.126. The predicted molar refractivity (Wildman–Crippen MR) is 96.5 cm³/mol. The lowest BCUT2D eigenvalue weighted by atomic mass is 10.2. The Morgan fingerprint density at radius 2 is 1.48 bits per heavy atom. The molecule has 0 spiro atoms. The fourth-order valence-electron chi connectivity index (χ4n) is 2.53. The Balaban J connectivity index is 1.80. The van der Waals surface area contributed by atoms with Crippen molar-refractivity contribution in [3.8, 4) is 0 Å². The molecule has 0 unspecified atom stereocenters. The Hall–Kier alpha value is -3.35. The average molecular weight is 371 g/mol. The van der Waals surface area contributed by atoms with Crippen LogP contribution in [-0.4, -0.2) is 11.0 Å². The van der Waals surface area contributed by atoms with Crippen molar-refractivity contribution in [2.24, 2.45) is 0 Å². The molecule has 0 fully saturated rings. The van der Waals surface area contributed by atoms with Gasteiger partial charge in [-0.3, -0.25) is 9.88 Å². The molecule has 0 radical (unpaired) electrons. The highest BCUT2D eigenvalue weighted by Gasteiger charge is 2.30. The second-order valence-corrected chi connectivity index (χ2v) is 5.70. The number of anilines is 2. The lowest BCUT2D eigenvalue weighted by Crippen LogP contribution is -2.36. The van der Waals surface area contributed by atoms with Gasteiger partial charge in [0.1, 0.15) is 0 Å². The molecule has 3 aromatic rings. The SMILES string of the molecule is O=C(NCc1cc(C(F)(F)F)ccn1)N(c1ccccc1)c1ccccc1. The van der Waals surface area contributed by atoms with Crippen LogP contribution in [0, 0.1) is 0 Å². The standard InChI is InChI=1S/C20H16F3N3O/c21-20(22,23)15-11-12-24-16(13-15)14-25-19(27)26(17-7-3-1-4-8-17)18-9-5-2-6-10-18/h1-13H,14H2,(H,25,27). The maximum absolute atomic E-state index is 12.8. The van der Waals surface area contributed by atoms with Gasteiger partial charge in [0, 0.05) is 6.20 Å². The van der Waals surface area contributed by atoms with Gasteiger partial charge >= 0.3 is 12.2 Å². The molecular weight excluding hydrogens is 355 g/mol. The fourth-order valence-corrected chi connectivity index (χ4v) is 2.53. The molecule has 0 saturated heterocycles. The Morgan fingerprint density at radius 3 is 2.00 bits per heavy atom. The van der Waals surface area contributed by atoms with Crippen molar-refractivity contribution in [3.05, 3.63) is 90.3 Å². The van der Waals surface area contributed by atoms with E-state index in [0.29, 0.717) is 11.4 Å². The molecule has 0 atom stereocenters. The van der Waals surface area contributed by atoms with Crippen LogP contribution in [0.5, 0.6) is 0 Å². The number of hydrogen-bond acceptors (Lipinski definition) is 2. The second-order valence-electron chi connectivity index (χ2n) is 5.70. The smallest absolute Gasteiger partial charge is 0.332 e. The summed E-state index contributed by atoms with van der Waals surface area (Å²) < 4.78 is 38.4. The van der Waals surface area contributed by atoms with Gasteiger partial charge in [0.25, 0.3) is 0 Å². The largest absolute Gasteiger partial charge is 0.416 e. The molecule has 4 nitrogen and oxygen atoms in total. The van der Waals surface area contributed by atoms with Crippen LogP contribution in [0.25, 0.3) is 0 Å². The summed E-state index contributed by atoms with van der Waals surface area (Å²) in [5.74, 6) is 0. The number of nitrogens with zero attached hydrogens (tertiary/aromatic N) is 2. The molecule has 7 heteroatoms. The van der Waals surface area contributed by atoms with Crippen molar-refractivity contribution in [2.45, 2.75) is 12.7 Å². The third-order valence-electron chi connectivity index (χ3n) is 3.80. The number of carbonyl (C=O) groups is 1. The van der Waals surface area contributed by atoms with E-state index in [0.717, 1.165) is 18.3 Å². The molecule has 1 aromatic heterocycles. The molecule has 1 heterocycles. The molecule has 27 heavy (non-hydrogen) atoms. The minimum atomic E-state index is -4.46. The summed E-state index contributed by atoms with van der Waals surface area (Å²) in [6, 6.07) is 19.3. The van der Waals surface area contributed by atoms with Crippen molar-refractivity contribution in [2.75, 3.05) is 4.90 Å². The highest BCUT2D eigenvalue weighted by Crippen LogP contribution is 2.29. The van der Waals surface area contributed by atoms with Crippen molar-refractivity contribution in [1.29, 1.82) is 0 Å². The lowest BCUT2D eigenvalue weighted by molar-refractivity contribution is -0.137. The van der Waals surface area contributed by atoms with E-state index in [9.17, 15) is 18.0 Å². The van der Waals surface area contributed by atoms with E-state index in [2.05, 4.69) is 10.3 Å². The van der Waals surface area contributed by atoms with Crippen LogP contribution in [0.15, 0.2) is 79.0 Å². The number of amides is 2. The van der Waals surface area contributed by atoms with E-state index in [4.69, 9.17) is 0 Å². The van der Waals surface area contributed by atoms with Crippen LogP contribution >= 0.6 is 0 Å².